The summed E-state index contributed by atoms with van der Waals surface area (Å²) in [4.78, 5) is 0. The van der Waals surface area contributed by atoms with Gasteiger partial charge in [0.25, 0.3) is 0 Å². The van der Waals surface area contributed by atoms with Crippen molar-refractivity contribution in [2.45, 2.75) is 72.1 Å². The van der Waals surface area contributed by atoms with Gasteiger partial charge in [0.1, 0.15) is 28.7 Å². The fourth-order valence-electron chi connectivity index (χ4n) is 6.56. The molecule has 0 saturated carbocycles. The summed E-state index contributed by atoms with van der Waals surface area (Å²) in [6.07, 6.45) is 3.51. The number of aryl methyl sites for hydroxylation is 4. The maximum Gasteiger partial charge on any atom is 0.122 e. The van der Waals surface area contributed by atoms with Crippen LogP contribution >= 0.6 is 0 Å². The molecule has 5 heteroatoms. The van der Waals surface area contributed by atoms with Crippen LogP contribution in [0.2, 0.25) is 0 Å². The third-order valence-electron chi connectivity index (χ3n) is 9.00. The van der Waals surface area contributed by atoms with E-state index in [0.29, 0.717) is 44.3 Å². The maximum absolute atomic E-state index is 11.4. The van der Waals surface area contributed by atoms with E-state index in [4.69, 9.17) is 0 Å². The van der Waals surface area contributed by atoms with Crippen LogP contribution in [-0.2, 0) is 38.5 Å². The largest absolute Gasteiger partial charge is 0.508 e. The molecular weight excluding hydrogens is 572 g/mol. The molecule has 0 saturated heterocycles. The van der Waals surface area contributed by atoms with Gasteiger partial charge in [0.2, 0.25) is 0 Å². The minimum atomic E-state index is -0.265. The van der Waals surface area contributed by atoms with Crippen molar-refractivity contribution in [1.29, 1.82) is 0 Å². The van der Waals surface area contributed by atoms with Crippen molar-refractivity contribution >= 4 is 0 Å². The lowest BCUT2D eigenvalue weighted by atomic mass is 9.79. The van der Waals surface area contributed by atoms with Gasteiger partial charge >= 0.3 is 0 Å². The van der Waals surface area contributed by atoms with Gasteiger partial charge in [-0.25, -0.2) is 0 Å². The van der Waals surface area contributed by atoms with E-state index in [0.717, 1.165) is 61.2 Å². The summed E-state index contributed by atoms with van der Waals surface area (Å²) in [6.45, 7) is 8.14. The highest BCUT2D eigenvalue weighted by Crippen LogP contribution is 2.42. The van der Waals surface area contributed by atoms with Crippen molar-refractivity contribution in [3.05, 3.63) is 146 Å². The monoisotopic (exact) mass is 616 g/mol. The number of benzene rings is 5. The zero-order valence-corrected chi connectivity index (χ0v) is 27.1. The number of phenolic OH excluding ortho intramolecular Hbond substituents is 5. The molecule has 0 unspecified atom stereocenters. The van der Waals surface area contributed by atoms with E-state index in [2.05, 4.69) is 36.4 Å². The van der Waals surface area contributed by atoms with Gasteiger partial charge in [-0.15, -0.1) is 0 Å². The Morgan fingerprint density at radius 2 is 0.717 bits per heavy atom. The average molecular weight is 617 g/mol. The molecule has 0 bridgehead atoms. The molecule has 0 aliphatic rings. The molecule has 5 aromatic rings. The van der Waals surface area contributed by atoms with Gasteiger partial charge in [-0.2, -0.15) is 0 Å². The molecule has 0 amide bonds. The van der Waals surface area contributed by atoms with Crippen LogP contribution < -0.4 is 0 Å². The van der Waals surface area contributed by atoms with E-state index in [-0.39, 0.29) is 28.9 Å². The van der Waals surface area contributed by atoms with E-state index in [1.807, 2.05) is 39.8 Å². The van der Waals surface area contributed by atoms with Crippen LogP contribution in [0.25, 0.3) is 0 Å². The number of hydrogen-bond acceptors (Lipinski definition) is 5. The van der Waals surface area contributed by atoms with Gasteiger partial charge in [-0.05, 0) is 111 Å². The fourth-order valence-corrected chi connectivity index (χ4v) is 6.56. The van der Waals surface area contributed by atoms with E-state index < -0.39 is 0 Å². The molecule has 0 atom stereocenters. The van der Waals surface area contributed by atoms with Gasteiger partial charge in [-0.1, -0.05) is 88.4 Å². The van der Waals surface area contributed by atoms with Crippen LogP contribution in [0.5, 0.6) is 28.7 Å². The summed E-state index contributed by atoms with van der Waals surface area (Å²) < 4.78 is 0. The first-order chi connectivity index (χ1) is 22.1. The first-order valence-electron chi connectivity index (χ1n) is 16.2. The summed E-state index contributed by atoms with van der Waals surface area (Å²) >= 11 is 0. The van der Waals surface area contributed by atoms with Crippen molar-refractivity contribution < 1.29 is 25.5 Å². The number of aromatic hydroxyl groups is 5. The van der Waals surface area contributed by atoms with Gasteiger partial charge in [0.05, 0.1) is 0 Å². The van der Waals surface area contributed by atoms with Crippen LogP contribution in [0.1, 0.15) is 94.8 Å². The Morgan fingerprint density at radius 3 is 1.02 bits per heavy atom. The lowest BCUT2D eigenvalue weighted by Gasteiger charge is -2.25. The Bertz CT molecular complexity index is 1720. The molecule has 5 N–H and O–H groups in total. The lowest BCUT2D eigenvalue weighted by Crippen LogP contribution is -2.09. The van der Waals surface area contributed by atoms with Crippen molar-refractivity contribution in [2.75, 3.05) is 0 Å². The van der Waals surface area contributed by atoms with Crippen molar-refractivity contribution in [1.82, 2.24) is 0 Å². The molecule has 5 rings (SSSR count). The second kappa shape index (κ2) is 14.0. The van der Waals surface area contributed by atoms with Crippen LogP contribution in [-0.4, -0.2) is 25.5 Å². The molecular formula is C41H44O5. The Hall–Kier alpha value is -4.90. The summed E-state index contributed by atoms with van der Waals surface area (Å²) in [6, 6.07) is 26.6. The Balaban J connectivity index is 1.76. The topological polar surface area (TPSA) is 101 Å². The summed E-state index contributed by atoms with van der Waals surface area (Å²) in [5, 5.41) is 54.0. The smallest absolute Gasteiger partial charge is 0.122 e. The Morgan fingerprint density at radius 1 is 0.413 bits per heavy atom. The predicted octanol–water partition coefficient (Wildman–Crippen LogP) is 8.83. The van der Waals surface area contributed by atoms with Crippen LogP contribution in [0.15, 0.2) is 84.9 Å². The number of hydrogen-bond donors (Lipinski definition) is 5. The molecule has 5 nitrogen and oxygen atoms in total. The van der Waals surface area contributed by atoms with E-state index in [9.17, 15) is 25.5 Å². The molecule has 0 aliphatic carbocycles. The van der Waals surface area contributed by atoms with E-state index >= 15 is 0 Å². The Labute approximate surface area is 272 Å². The second-order valence-corrected chi connectivity index (χ2v) is 12.1. The van der Waals surface area contributed by atoms with Crippen LogP contribution in [0.4, 0.5) is 0 Å². The summed E-state index contributed by atoms with van der Waals surface area (Å²) in [7, 11) is 0. The highest BCUT2D eigenvalue weighted by atomic mass is 16.3. The minimum absolute atomic E-state index is 0.181. The van der Waals surface area contributed by atoms with Gasteiger partial charge in [0.15, 0.2) is 0 Å². The number of rotatable bonds is 11. The predicted molar refractivity (Wildman–Crippen MR) is 185 cm³/mol. The molecule has 0 aromatic heterocycles. The zero-order chi connectivity index (χ0) is 33.0. The first kappa shape index (κ1) is 32.5. The molecule has 5 aromatic carbocycles. The van der Waals surface area contributed by atoms with Crippen molar-refractivity contribution in [3.63, 3.8) is 0 Å². The van der Waals surface area contributed by atoms with Crippen LogP contribution in [0.3, 0.4) is 0 Å². The Kier molecular flexibility index (Phi) is 9.91. The number of phenols is 5. The SMILES string of the molecule is CCc1cc(C(c2cc(CC)c(O)c(Cc3cccc(O)c3)c2)c2cc(CC)c(O)c(Cc3cccc(O)c3)c2)cc(CC)c1O. The third-order valence-corrected chi connectivity index (χ3v) is 9.00. The molecule has 0 heterocycles. The lowest BCUT2D eigenvalue weighted by molar-refractivity contribution is 0.461. The maximum atomic E-state index is 11.4. The minimum Gasteiger partial charge on any atom is -0.508 e. The molecule has 46 heavy (non-hydrogen) atoms. The average Bonchev–Trinajstić information content (AvgIpc) is 3.04. The molecule has 0 fully saturated rings. The third kappa shape index (κ3) is 6.84. The molecule has 0 spiro atoms. The second-order valence-electron chi connectivity index (χ2n) is 12.1. The molecule has 0 radical (unpaired) electrons. The fraction of sp³-hybridized carbons (Fsp3) is 0.268. The van der Waals surface area contributed by atoms with Gasteiger partial charge in [0, 0.05) is 18.8 Å². The summed E-state index contributed by atoms with van der Waals surface area (Å²) in [5.41, 5.74) is 9.76. The first-order valence-corrected chi connectivity index (χ1v) is 16.2. The quantitative estimate of drug-likeness (QED) is 0.0955. The van der Waals surface area contributed by atoms with Crippen molar-refractivity contribution in [3.8, 4) is 28.7 Å². The highest BCUT2D eigenvalue weighted by Gasteiger charge is 2.25. The zero-order valence-electron chi connectivity index (χ0n) is 27.1. The van der Waals surface area contributed by atoms with E-state index in [1.54, 1.807) is 36.4 Å². The van der Waals surface area contributed by atoms with Crippen molar-refractivity contribution in [2.24, 2.45) is 0 Å². The molecule has 0 aliphatic heterocycles. The summed E-state index contributed by atoms with van der Waals surface area (Å²) in [5.74, 6) is 0.945. The van der Waals surface area contributed by atoms with Gasteiger partial charge < -0.3 is 25.5 Å². The van der Waals surface area contributed by atoms with Gasteiger partial charge in [-0.3, -0.25) is 0 Å². The highest BCUT2D eigenvalue weighted by molar-refractivity contribution is 5.57. The normalized spacial score (nSPS) is 11.3. The standard InChI is InChI=1S/C41H44O5/c1-5-27-19-31(20-28(6-2)39(27)44)38(32-21-29(7-3)40(45)34(23-32)15-25-11-9-13-36(42)17-25)33-22-30(8-4)41(46)35(24-33)16-26-12-10-14-37(43)18-26/h9-14,17-24,38,42-46H,5-8,15-16H2,1-4H3. The molecule has 238 valence electrons. The van der Waals surface area contributed by atoms with Crippen LogP contribution in [0, 0.1) is 0 Å². The van der Waals surface area contributed by atoms with E-state index in [1.165, 1.54) is 0 Å².